The number of likely N-dealkylation sites (tertiary alicyclic amines) is 1. The van der Waals surface area contributed by atoms with Gasteiger partial charge in [-0.1, -0.05) is 28.9 Å². The first-order valence-electron chi connectivity index (χ1n) is 7.28. The van der Waals surface area contributed by atoms with Crippen molar-refractivity contribution in [1.82, 2.24) is 4.90 Å². The Hall–Kier alpha value is -1.07. The van der Waals surface area contributed by atoms with Gasteiger partial charge in [-0.15, -0.1) is 11.3 Å². The van der Waals surface area contributed by atoms with E-state index < -0.39 is 0 Å². The van der Waals surface area contributed by atoms with Crippen molar-refractivity contribution in [3.63, 3.8) is 0 Å². The number of fused-ring (bicyclic) bond motifs is 1. The molecule has 2 aromatic rings. The number of nitrogens with zero attached hydrogens (tertiary/aromatic N) is 1. The molecule has 112 valence electrons. The molecule has 0 aliphatic carbocycles. The SMILES string of the molecule is CC1CCCN(C(=O)c2sc3cccc(Br)c3c2N)C1C. The van der Waals surface area contributed by atoms with Crippen LogP contribution < -0.4 is 5.73 Å². The molecular formula is C16H19BrN2OS. The lowest BCUT2D eigenvalue weighted by Crippen LogP contribution is -2.45. The second-order valence-electron chi connectivity index (χ2n) is 5.82. The lowest BCUT2D eigenvalue weighted by molar-refractivity contribution is 0.0557. The van der Waals surface area contributed by atoms with E-state index in [9.17, 15) is 4.79 Å². The number of halogens is 1. The number of hydrogen-bond acceptors (Lipinski definition) is 3. The zero-order chi connectivity index (χ0) is 15.1. The highest BCUT2D eigenvalue weighted by atomic mass is 79.9. The molecule has 2 N–H and O–H groups in total. The fraction of sp³-hybridized carbons (Fsp3) is 0.438. The molecule has 0 bridgehead atoms. The van der Waals surface area contributed by atoms with Crippen molar-refractivity contribution in [1.29, 1.82) is 0 Å². The van der Waals surface area contributed by atoms with Crippen LogP contribution in [0.25, 0.3) is 10.1 Å². The van der Waals surface area contributed by atoms with Gasteiger partial charge >= 0.3 is 0 Å². The van der Waals surface area contributed by atoms with Crippen LogP contribution in [0.5, 0.6) is 0 Å². The summed E-state index contributed by atoms with van der Waals surface area (Å²) in [7, 11) is 0. The molecule has 0 radical (unpaired) electrons. The highest BCUT2D eigenvalue weighted by Gasteiger charge is 2.31. The number of piperidine rings is 1. The van der Waals surface area contributed by atoms with Crippen molar-refractivity contribution in [2.45, 2.75) is 32.7 Å². The molecular weight excluding hydrogens is 348 g/mol. The Morgan fingerprint density at radius 3 is 2.90 bits per heavy atom. The third kappa shape index (κ3) is 2.46. The summed E-state index contributed by atoms with van der Waals surface area (Å²) in [6.07, 6.45) is 2.27. The summed E-state index contributed by atoms with van der Waals surface area (Å²) in [5, 5.41) is 0.962. The van der Waals surface area contributed by atoms with Gasteiger partial charge in [0.2, 0.25) is 0 Å². The molecule has 2 atom stereocenters. The normalized spacial score (nSPS) is 22.7. The third-order valence-corrected chi connectivity index (χ3v) is 6.35. The largest absolute Gasteiger partial charge is 0.397 e. The maximum Gasteiger partial charge on any atom is 0.266 e. The molecule has 3 nitrogen and oxygen atoms in total. The minimum absolute atomic E-state index is 0.0830. The molecule has 0 saturated carbocycles. The number of amides is 1. The van der Waals surface area contributed by atoms with Crippen molar-refractivity contribution < 1.29 is 4.79 Å². The lowest BCUT2D eigenvalue weighted by atomic mass is 9.92. The van der Waals surface area contributed by atoms with Gasteiger partial charge in [0.25, 0.3) is 5.91 Å². The smallest absolute Gasteiger partial charge is 0.266 e. The summed E-state index contributed by atoms with van der Waals surface area (Å²) in [5.41, 5.74) is 6.87. The van der Waals surface area contributed by atoms with Crippen molar-refractivity contribution >= 4 is 48.9 Å². The van der Waals surface area contributed by atoms with Crippen molar-refractivity contribution in [3.8, 4) is 0 Å². The van der Waals surface area contributed by atoms with E-state index in [4.69, 9.17) is 5.73 Å². The van der Waals surface area contributed by atoms with E-state index in [1.165, 1.54) is 17.8 Å². The van der Waals surface area contributed by atoms with Crippen molar-refractivity contribution in [2.24, 2.45) is 5.92 Å². The van der Waals surface area contributed by atoms with E-state index in [1.54, 1.807) is 0 Å². The van der Waals surface area contributed by atoms with Gasteiger partial charge < -0.3 is 10.6 Å². The zero-order valence-electron chi connectivity index (χ0n) is 12.2. The van der Waals surface area contributed by atoms with Gasteiger partial charge in [-0.3, -0.25) is 4.79 Å². The van der Waals surface area contributed by atoms with Crippen LogP contribution in [0.2, 0.25) is 0 Å². The van der Waals surface area contributed by atoms with Crippen LogP contribution >= 0.6 is 27.3 Å². The Balaban J connectivity index is 2.02. The molecule has 1 aromatic carbocycles. The summed E-state index contributed by atoms with van der Waals surface area (Å²) in [6.45, 7) is 5.19. The van der Waals surface area contributed by atoms with E-state index >= 15 is 0 Å². The fourth-order valence-corrected chi connectivity index (χ4v) is 4.86. The number of anilines is 1. The molecule has 1 aliphatic heterocycles. The van der Waals surface area contributed by atoms with Crippen LogP contribution in [0.4, 0.5) is 5.69 Å². The fourth-order valence-electron chi connectivity index (χ4n) is 3.04. The standard InChI is InChI=1S/C16H19BrN2OS/c1-9-5-4-8-19(10(9)2)16(20)15-14(18)13-11(17)6-3-7-12(13)21-15/h3,6-7,9-10H,4-5,8,18H2,1-2H3. The number of hydrogen-bond donors (Lipinski definition) is 1. The van der Waals surface area contributed by atoms with Gasteiger partial charge in [-0.2, -0.15) is 0 Å². The molecule has 1 aliphatic rings. The van der Waals surface area contributed by atoms with E-state index in [2.05, 4.69) is 29.8 Å². The quantitative estimate of drug-likeness (QED) is 0.806. The van der Waals surface area contributed by atoms with Gasteiger partial charge in [-0.25, -0.2) is 0 Å². The van der Waals surface area contributed by atoms with Gasteiger partial charge in [0.15, 0.2) is 0 Å². The number of carbonyl (C=O) groups excluding carboxylic acids is 1. The van der Waals surface area contributed by atoms with Gasteiger partial charge in [0.05, 0.1) is 5.69 Å². The van der Waals surface area contributed by atoms with E-state index in [1.807, 2.05) is 23.1 Å². The van der Waals surface area contributed by atoms with Crippen LogP contribution in [0.1, 0.15) is 36.4 Å². The van der Waals surface area contributed by atoms with Crippen molar-refractivity contribution in [3.05, 3.63) is 27.5 Å². The Morgan fingerprint density at radius 1 is 1.43 bits per heavy atom. The highest BCUT2D eigenvalue weighted by molar-refractivity contribution is 9.10. The van der Waals surface area contributed by atoms with E-state index in [0.29, 0.717) is 16.5 Å². The first-order valence-corrected chi connectivity index (χ1v) is 8.89. The molecule has 5 heteroatoms. The Bertz CT molecular complexity index is 697. The van der Waals surface area contributed by atoms with Crippen molar-refractivity contribution in [2.75, 3.05) is 12.3 Å². The predicted octanol–water partition coefficient (Wildman–Crippen LogP) is 4.51. The van der Waals surface area contributed by atoms with Gasteiger partial charge in [0.1, 0.15) is 4.88 Å². The molecule has 0 spiro atoms. The average molecular weight is 367 g/mol. The second-order valence-corrected chi connectivity index (χ2v) is 7.72. The van der Waals surface area contributed by atoms with E-state index in [0.717, 1.165) is 27.5 Å². The predicted molar refractivity (Wildman–Crippen MR) is 92.8 cm³/mol. The molecule has 21 heavy (non-hydrogen) atoms. The third-order valence-electron chi connectivity index (χ3n) is 4.53. The molecule has 1 fully saturated rings. The Labute approximate surface area is 137 Å². The van der Waals surface area contributed by atoms with Crippen LogP contribution in [0.15, 0.2) is 22.7 Å². The summed E-state index contributed by atoms with van der Waals surface area (Å²) >= 11 is 5.03. The number of carbonyl (C=O) groups is 1. The monoisotopic (exact) mass is 366 g/mol. The lowest BCUT2D eigenvalue weighted by Gasteiger charge is -2.37. The Morgan fingerprint density at radius 2 is 2.19 bits per heavy atom. The van der Waals surface area contributed by atoms with Crippen LogP contribution in [0, 0.1) is 5.92 Å². The summed E-state index contributed by atoms with van der Waals surface area (Å²) in [4.78, 5) is 15.6. The van der Waals surface area contributed by atoms with Gasteiger partial charge in [-0.05, 0) is 37.8 Å². The summed E-state index contributed by atoms with van der Waals surface area (Å²) in [5.74, 6) is 0.629. The topological polar surface area (TPSA) is 46.3 Å². The average Bonchev–Trinajstić information content (AvgIpc) is 2.80. The Kier molecular flexibility index (Phi) is 3.97. The second kappa shape index (κ2) is 5.61. The minimum Gasteiger partial charge on any atom is -0.397 e. The van der Waals surface area contributed by atoms with Crippen LogP contribution in [-0.2, 0) is 0 Å². The maximum atomic E-state index is 12.9. The molecule has 1 aromatic heterocycles. The van der Waals surface area contributed by atoms with Gasteiger partial charge in [0, 0.05) is 27.1 Å². The summed E-state index contributed by atoms with van der Waals surface area (Å²) < 4.78 is 2.01. The number of nitrogens with two attached hydrogens (primary N) is 1. The molecule has 1 saturated heterocycles. The maximum absolute atomic E-state index is 12.9. The van der Waals surface area contributed by atoms with Crippen LogP contribution in [-0.4, -0.2) is 23.4 Å². The van der Waals surface area contributed by atoms with Crippen LogP contribution in [0.3, 0.4) is 0 Å². The first kappa shape index (κ1) is 14.9. The summed E-state index contributed by atoms with van der Waals surface area (Å²) in [6, 6.07) is 6.23. The molecule has 2 heterocycles. The zero-order valence-corrected chi connectivity index (χ0v) is 14.6. The molecule has 1 amide bonds. The van der Waals surface area contributed by atoms with E-state index in [-0.39, 0.29) is 11.9 Å². The highest BCUT2D eigenvalue weighted by Crippen LogP contribution is 2.39. The number of benzene rings is 1. The first-order chi connectivity index (χ1) is 10.0. The number of rotatable bonds is 1. The number of nitrogen functional groups attached to an aromatic ring is 1. The number of thiophene rings is 1. The molecule has 3 rings (SSSR count). The minimum atomic E-state index is 0.0830. The molecule has 2 unspecified atom stereocenters.